The number of nitrogens with zero attached hydrogens (tertiary/aromatic N) is 2. The molecule has 0 saturated heterocycles. The van der Waals surface area contributed by atoms with Crippen molar-refractivity contribution in [1.29, 1.82) is 0 Å². The van der Waals surface area contributed by atoms with Crippen LogP contribution in [-0.2, 0) is 16.6 Å². The quantitative estimate of drug-likeness (QED) is 0.398. The van der Waals surface area contributed by atoms with Crippen LogP contribution in [-0.4, -0.2) is 40.6 Å². The van der Waals surface area contributed by atoms with Crippen LogP contribution >= 0.6 is 0 Å². The molecule has 0 unspecified atom stereocenters. The first-order valence-corrected chi connectivity index (χ1v) is 10.9. The smallest absolute Gasteiger partial charge is 0.561 e. The Balaban J connectivity index is 0.00000385. The van der Waals surface area contributed by atoms with E-state index in [0.29, 0.717) is 10.9 Å². The van der Waals surface area contributed by atoms with E-state index in [1.807, 2.05) is 4.72 Å². The monoisotopic (exact) mass is 485 g/mol. The van der Waals surface area contributed by atoms with Crippen molar-refractivity contribution >= 4 is 33.0 Å². The molecule has 12 heteroatoms. The summed E-state index contributed by atoms with van der Waals surface area (Å²) in [5.74, 6) is -0.645. The maximum atomic E-state index is 14.9. The molecule has 0 aliphatic rings. The largest absolute Gasteiger partial charge is 1.00 e. The van der Waals surface area contributed by atoms with Gasteiger partial charge in [0.15, 0.2) is 10.2 Å². The van der Waals surface area contributed by atoms with E-state index in [0.717, 1.165) is 7.05 Å². The molecule has 0 fully saturated rings. The number of aryl methyl sites for hydroxylation is 1. The summed E-state index contributed by atoms with van der Waals surface area (Å²) in [6.07, 6.45) is -0.711. The number of ether oxygens (including phenoxy) is 1. The van der Waals surface area contributed by atoms with Crippen LogP contribution in [0.5, 0.6) is 5.75 Å². The summed E-state index contributed by atoms with van der Waals surface area (Å²) in [4.78, 5) is 25.6. The van der Waals surface area contributed by atoms with Crippen LogP contribution < -0.4 is 44.6 Å². The molecule has 0 aliphatic carbocycles. The molecule has 1 heterocycles. The van der Waals surface area contributed by atoms with E-state index < -0.39 is 27.7 Å². The fraction of sp³-hybridized carbons (Fsp3) is 0.238. The Morgan fingerprint density at radius 1 is 1.24 bits per heavy atom. The van der Waals surface area contributed by atoms with Crippen LogP contribution in [0.3, 0.4) is 0 Å². The van der Waals surface area contributed by atoms with Crippen molar-refractivity contribution in [3.05, 3.63) is 74.0 Å². The van der Waals surface area contributed by atoms with Crippen molar-refractivity contribution in [3.63, 3.8) is 0 Å². The van der Waals surface area contributed by atoms with Gasteiger partial charge in [0.1, 0.15) is 17.1 Å². The van der Waals surface area contributed by atoms with Crippen molar-refractivity contribution in [1.82, 2.24) is 9.62 Å². The second-order valence-corrected chi connectivity index (χ2v) is 8.65. The number of amides is 1. The van der Waals surface area contributed by atoms with Crippen molar-refractivity contribution < 1.29 is 56.3 Å². The number of carbonyl (C=O) groups is 1. The molecule has 170 valence electrons. The Morgan fingerprint density at radius 3 is 2.58 bits per heavy atom. The van der Waals surface area contributed by atoms with Gasteiger partial charge in [-0.2, -0.15) is 0 Å². The van der Waals surface area contributed by atoms with Gasteiger partial charge in [-0.1, -0.05) is 23.9 Å². The number of rotatable bonds is 6. The minimum Gasteiger partial charge on any atom is -0.561 e. The van der Waals surface area contributed by atoms with Crippen molar-refractivity contribution in [2.24, 2.45) is 0 Å². The Bertz CT molecular complexity index is 1360. The average molecular weight is 485 g/mol. The van der Waals surface area contributed by atoms with Crippen molar-refractivity contribution in [2.75, 3.05) is 21.1 Å². The van der Waals surface area contributed by atoms with E-state index in [9.17, 15) is 22.4 Å². The molecular weight excluding hydrogens is 464 g/mol. The second kappa shape index (κ2) is 10.7. The van der Waals surface area contributed by atoms with E-state index in [2.05, 4.69) is 4.72 Å². The summed E-state index contributed by atoms with van der Waals surface area (Å²) in [5.41, 5.74) is 0.0190. The van der Waals surface area contributed by atoms with Gasteiger partial charge in [0, 0.05) is 37.5 Å². The third kappa shape index (κ3) is 6.12. The van der Waals surface area contributed by atoms with E-state index >= 15 is 0 Å². The zero-order valence-electron chi connectivity index (χ0n) is 18.8. The molecule has 0 atom stereocenters. The summed E-state index contributed by atoms with van der Waals surface area (Å²) >= 11 is 0. The van der Waals surface area contributed by atoms with Crippen LogP contribution in [0.2, 0.25) is 0 Å². The zero-order chi connectivity index (χ0) is 23.6. The fourth-order valence-corrected chi connectivity index (χ4v) is 3.46. The van der Waals surface area contributed by atoms with Crippen molar-refractivity contribution in [3.8, 4) is 5.75 Å². The van der Waals surface area contributed by atoms with Crippen molar-refractivity contribution in [2.45, 2.75) is 13.3 Å². The first kappa shape index (κ1) is 26.8. The molecule has 0 aliphatic heterocycles. The first-order valence-electron chi connectivity index (χ1n) is 9.41. The van der Waals surface area contributed by atoms with E-state index in [-0.39, 0.29) is 64.1 Å². The summed E-state index contributed by atoms with van der Waals surface area (Å²) in [6, 6.07) is 8.73. The summed E-state index contributed by atoms with van der Waals surface area (Å²) in [7, 11) is 0.206. The van der Waals surface area contributed by atoms with Crippen LogP contribution in [0.15, 0.2) is 45.6 Å². The molecule has 2 aromatic carbocycles. The molecule has 3 rings (SSSR count). The number of hydrogen-bond acceptors (Lipinski definition) is 6. The van der Waals surface area contributed by atoms with Gasteiger partial charge in [0.25, 0.3) is 0 Å². The summed E-state index contributed by atoms with van der Waals surface area (Å²) < 4.78 is 54.1. The Morgan fingerprint density at radius 2 is 1.94 bits per heavy atom. The van der Waals surface area contributed by atoms with Crippen LogP contribution in [0, 0.1) is 12.7 Å². The zero-order valence-corrected chi connectivity index (χ0v) is 21.6. The maximum absolute atomic E-state index is 14.9. The number of halogens is 1. The van der Waals surface area contributed by atoms with E-state index in [1.54, 1.807) is 19.1 Å². The minimum atomic E-state index is -4.03. The fourth-order valence-electron chi connectivity index (χ4n) is 2.97. The molecule has 33 heavy (non-hydrogen) atoms. The molecule has 0 spiro atoms. The van der Waals surface area contributed by atoms with Gasteiger partial charge >= 0.3 is 41.3 Å². The SMILES string of the molecule is CNS(=O)(=O)[N-]c1cccc(Cc2c(C)c3ccc(OC(=O)N(C)C)cc3oc2=O)c1F.[Na+]. The normalized spacial score (nSPS) is 11.1. The molecule has 0 saturated carbocycles. The maximum Gasteiger partial charge on any atom is 1.00 e. The van der Waals surface area contributed by atoms with Gasteiger partial charge in [-0.05, 0) is 37.2 Å². The first-order chi connectivity index (χ1) is 15.0. The minimum absolute atomic E-state index is 0. The molecular formula is C21H21FN3NaO6S. The third-order valence-electron chi connectivity index (χ3n) is 4.73. The summed E-state index contributed by atoms with van der Waals surface area (Å²) in [5, 5.41) is 0.586. The predicted molar refractivity (Wildman–Crippen MR) is 117 cm³/mol. The van der Waals surface area contributed by atoms with Gasteiger partial charge < -0.3 is 18.8 Å². The predicted octanol–water partition coefficient (Wildman–Crippen LogP) is 0.365. The Hall–Kier alpha value is -2.44. The number of benzene rings is 2. The van der Waals surface area contributed by atoms with Crippen LogP contribution in [0.1, 0.15) is 16.7 Å². The molecule has 0 radical (unpaired) electrons. The standard InChI is InChI=1S/C21H21FN3O6S.Na/c1-12-15-9-8-14(30-21(27)25(3)4)11-18(15)31-20(26)16(12)10-13-6-5-7-17(19(13)22)24-32(28,29)23-2;/h5-9,11,23H,10H2,1-4H3;/q-1;+1. The molecule has 1 amide bonds. The van der Waals surface area contributed by atoms with Crippen LogP contribution in [0.25, 0.3) is 15.7 Å². The van der Waals surface area contributed by atoms with E-state index in [4.69, 9.17) is 9.15 Å². The van der Waals surface area contributed by atoms with Gasteiger partial charge in [-0.25, -0.2) is 27.1 Å². The number of hydrogen-bond donors (Lipinski definition) is 1. The molecule has 0 bridgehead atoms. The van der Waals surface area contributed by atoms with Crippen LogP contribution in [0.4, 0.5) is 14.9 Å². The number of fused-ring (bicyclic) bond motifs is 1. The average Bonchev–Trinajstić information content (AvgIpc) is 2.73. The van der Waals surface area contributed by atoms with Gasteiger partial charge in [0.05, 0.1) is 0 Å². The summed E-state index contributed by atoms with van der Waals surface area (Å²) in [6.45, 7) is 1.69. The van der Waals surface area contributed by atoms with Gasteiger partial charge in [0.2, 0.25) is 0 Å². The third-order valence-corrected chi connectivity index (χ3v) is 5.68. The van der Waals surface area contributed by atoms with E-state index in [1.165, 1.54) is 43.3 Å². The number of nitrogens with one attached hydrogen (secondary N) is 1. The molecule has 9 nitrogen and oxygen atoms in total. The second-order valence-electron chi connectivity index (χ2n) is 7.11. The van der Waals surface area contributed by atoms with Gasteiger partial charge in [-0.3, -0.25) is 0 Å². The Labute approximate surface area is 212 Å². The Kier molecular flexibility index (Phi) is 8.66. The number of carbonyl (C=O) groups excluding carboxylic acids is 1. The van der Waals surface area contributed by atoms with Gasteiger partial charge in [-0.15, -0.1) is 0 Å². The molecule has 3 aromatic rings. The molecule has 1 N–H and O–H groups in total. The topological polar surface area (TPSA) is 120 Å². The molecule has 1 aromatic heterocycles.